The molecule has 1 heterocycles. The summed E-state index contributed by atoms with van der Waals surface area (Å²) in [7, 11) is 1.67. The molecule has 0 bridgehead atoms. The quantitative estimate of drug-likeness (QED) is 0.731. The van der Waals surface area contributed by atoms with Gasteiger partial charge in [0.05, 0.1) is 6.54 Å². The van der Waals surface area contributed by atoms with E-state index >= 15 is 0 Å². The molecule has 23 heavy (non-hydrogen) atoms. The number of nitrogens with one attached hydrogen (secondary N) is 1. The van der Waals surface area contributed by atoms with Crippen LogP contribution < -0.4 is 5.32 Å². The number of halogens is 1. The van der Waals surface area contributed by atoms with Crippen LogP contribution in [0.1, 0.15) is 12.0 Å². The summed E-state index contributed by atoms with van der Waals surface area (Å²) in [6.45, 7) is 6.46. The molecule has 0 spiro atoms. The van der Waals surface area contributed by atoms with Crippen LogP contribution in [-0.4, -0.2) is 68.7 Å². The molecule has 5 nitrogen and oxygen atoms in total. The number of hydrogen-bond donors (Lipinski definition) is 1. The second kappa shape index (κ2) is 9.88. The Labute approximate surface area is 143 Å². The Kier molecular flexibility index (Phi) is 7.82. The second-order valence-electron chi connectivity index (χ2n) is 5.84. The zero-order valence-electron chi connectivity index (χ0n) is 13.8. The number of ether oxygens (including phenoxy) is 1. The fourth-order valence-corrected chi connectivity index (χ4v) is 2.87. The molecule has 1 N–H and O–H groups in total. The van der Waals surface area contributed by atoms with E-state index in [-0.39, 0.29) is 5.91 Å². The first-order chi connectivity index (χ1) is 11.2. The van der Waals surface area contributed by atoms with E-state index in [4.69, 9.17) is 16.3 Å². The number of carbonyl (C=O) groups excluding carboxylic acids is 1. The Bertz CT molecular complexity index is 490. The Morgan fingerprint density at radius 3 is 2.61 bits per heavy atom. The number of nitrogens with zero attached hydrogens (tertiary/aromatic N) is 2. The zero-order valence-corrected chi connectivity index (χ0v) is 14.5. The first-order valence-electron chi connectivity index (χ1n) is 8.13. The SMILES string of the molecule is COCCCNC(=O)CN1CCN(Cc2ccccc2Cl)CC1. The molecule has 6 heteroatoms. The summed E-state index contributed by atoms with van der Waals surface area (Å²) in [5.74, 6) is 0.0978. The van der Waals surface area contributed by atoms with Gasteiger partial charge in [0, 0.05) is 58.0 Å². The second-order valence-corrected chi connectivity index (χ2v) is 6.25. The maximum Gasteiger partial charge on any atom is 0.234 e. The molecule has 0 aliphatic carbocycles. The lowest BCUT2D eigenvalue weighted by Crippen LogP contribution is -2.49. The zero-order chi connectivity index (χ0) is 16.5. The molecule has 2 rings (SSSR count). The molecular formula is C17H26ClN3O2. The van der Waals surface area contributed by atoms with Crippen molar-refractivity contribution in [1.82, 2.24) is 15.1 Å². The van der Waals surface area contributed by atoms with Crippen LogP contribution in [0.25, 0.3) is 0 Å². The first kappa shape index (κ1) is 18.2. The predicted octanol–water partition coefficient (Wildman–Crippen LogP) is 1.61. The Morgan fingerprint density at radius 2 is 1.91 bits per heavy atom. The molecular weight excluding hydrogens is 314 g/mol. The molecule has 1 aliphatic rings. The first-order valence-corrected chi connectivity index (χ1v) is 8.50. The molecule has 0 aromatic heterocycles. The summed E-state index contributed by atoms with van der Waals surface area (Å²) in [6.07, 6.45) is 0.855. The number of amides is 1. The highest BCUT2D eigenvalue weighted by molar-refractivity contribution is 6.31. The Balaban J connectivity index is 1.66. The summed E-state index contributed by atoms with van der Waals surface area (Å²) in [5, 5.41) is 3.76. The number of piperazine rings is 1. The molecule has 0 radical (unpaired) electrons. The minimum absolute atomic E-state index is 0.0978. The molecule has 1 saturated heterocycles. The maximum atomic E-state index is 11.9. The molecule has 128 valence electrons. The van der Waals surface area contributed by atoms with Gasteiger partial charge in [-0.1, -0.05) is 29.8 Å². The fourth-order valence-electron chi connectivity index (χ4n) is 2.68. The smallest absolute Gasteiger partial charge is 0.234 e. The molecule has 1 aliphatic heterocycles. The highest BCUT2D eigenvalue weighted by Gasteiger charge is 2.19. The normalized spacial score (nSPS) is 16.4. The number of methoxy groups -OCH3 is 1. The predicted molar refractivity (Wildman–Crippen MR) is 92.7 cm³/mol. The topological polar surface area (TPSA) is 44.8 Å². The van der Waals surface area contributed by atoms with E-state index < -0.39 is 0 Å². The van der Waals surface area contributed by atoms with Crippen molar-refractivity contribution in [2.75, 3.05) is 53.0 Å². The molecule has 1 fully saturated rings. The summed E-state index contributed by atoms with van der Waals surface area (Å²) in [4.78, 5) is 16.5. The van der Waals surface area contributed by atoms with E-state index in [0.29, 0.717) is 19.7 Å². The average Bonchev–Trinajstić information content (AvgIpc) is 2.55. The fraction of sp³-hybridized carbons (Fsp3) is 0.588. The van der Waals surface area contributed by atoms with E-state index in [0.717, 1.165) is 44.2 Å². The van der Waals surface area contributed by atoms with Crippen molar-refractivity contribution in [2.45, 2.75) is 13.0 Å². The minimum atomic E-state index is 0.0978. The third-order valence-corrected chi connectivity index (χ3v) is 4.40. The number of benzene rings is 1. The van der Waals surface area contributed by atoms with Gasteiger partial charge >= 0.3 is 0 Å². The van der Waals surface area contributed by atoms with Gasteiger partial charge in [-0.05, 0) is 18.1 Å². The highest BCUT2D eigenvalue weighted by Crippen LogP contribution is 2.17. The van der Waals surface area contributed by atoms with Crippen LogP contribution >= 0.6 is 11.6 Å². The van der Waals surface area contributed by atoms with E-state index in [1.807, 2.05) is 18.2 Å². The summed E-state index contributed by atoms with van der Waals surface area (Å²) in [6, 6.07) is 7.98. The molecule has 1 amide bonds. The van der Waals surface area contributed by atoms with Crippen molar-refractivity contribution in [1.29, 1.82) is 0 Å². The Hall–Kier alpha value is -1.14. The van der Waals surface area contributed by atoms with Gasteiger partial charge in [-0.25, -0.2) is 0 Å². The minimum Gasteiger partial charge on any atom is -0.385 e. The molecule has 0 saturated carbocycles. The van der Waals surface area contributed by atoms with Gasteiger partial charge in [0.15, 0.2) is 0 Å². The van der Waals surface area contributed by atoms with Crippen LogP contribution in [0.15, 0.2) is 24.3 Å². The third kappa shape index (κ3) is 6.47. The molecule has 0 unspecified atom stereocenters. The van der Waals surface area contributed by atoms with E-state index in [1.165, 1.54) is 5.56 Å². The Morgan fingerprint density at radius 1 is 1.22 bits per heavy atom. The number of hydrogen-bond acceptors (Lipinski definition) is 4. The highest BCUT2D eigenvalue weighted by atomic mass is 35.5. The standard InChI is InChI=1S/C17H26ClN3O2/c1-23-12-4-7-19-17(22)14-21-10-8-20(9-11-21)13-15-5-2-3-6-16(15)18/h2-3,5-6H,4,7-14H2,1H3,(H,19,22). The van der Waals surface area contributed by atoms with Crippen molar-refractivity contribution in [3.8, 4) is 0 Å². The lowest BCUT2D eigenvalue weighted by atomic mass is 10.2. The van der Waals surface area contributed by atoms with Crippen molar-refractivity contribution in [3.05, 3.63) is 34.9 Å². The van der Waals surface area contributed by atoms with Gasteiger partial charge in [0.25, 0.3) is 0 Å². The van der Waals surface area contributed by atoms with Crippen molar-refractivity contribution < 1.29 is 9.53 Å². The van der Waals surface area contributed by atoms with Gasteiger partial charge in [-0.15, -0.1) is 0 Å². The van der Waals surface area contributed by atoms with E-state index in [1.54, 1.807) is 7.11 Å². The average molecular weight is 340 g/mol. The van der Waals surface area contributed by atoms with Crippen molar-refractivity contribution in [2.24, 2.45) is 0 Å². The maximum absolute atomic E-state index is 11.9. The lowest BCUT2D eigenvalue weighted by Gasteiger charge is -2.34. The summed E-state index contributed by atoms with van der Waals surface area (Å²) < 4.78 is 4.97. The molecule has 0 atom stereocenters. The van der Waals surface area contributed by atoms with Gasteiger partial charge in [0.1, 0.15) is 0 Å². The lowest BCUT2D eigenvalue weighted by molar-refractivity contribution is -0.122. The van der Waals surface area contributed by atoms with E-state index in [9.17, 15) is 4.79 Å². The van der Waals surface area contributed by atoms with Gasteiger partial charge in [-0.2, -0.15) is 0 Å². The van der Waals surface area contributed by atoms with Crippen LogP contribution in [-0.2, 0) is 16.1 Å². The van der Waals surface area contributed by atoms with Crippen LogP contribution in [0.5, 0.6) is 0 Å². The molecule has 1 aromatic rings. The largest absolute Gasteiger partial charge is 0.385 e. The summed E-state index contributed by atoms with van der Waals surface area (Å²) in [5.41, 5.74) is 1.17. The van der Waals surface area contributed by atoms with Crippen LogP contribution in [0.4, 0.5) is 0 Å². The molecule has 1 aromatic carbocycles. The summed E-state index contributed by atoms with van der Waals surface area (Å²) >= 11 is 6.21. The number of rotatable bonds is 8. The van der Waals surface area contributed by atoms with Crippen LogP contribution in [0.3, 0.4) is 0 Å². The van der Waals surface area contributed by atoms with E-state index in [2.05, 4.69) is 21.2 Å². The van der Waals surface area contributed by atoms with Gasteiger partial charge < -0.3 is 10.1 Å². The van der Waals surface area contributed by atoms with Gasteiger partial charge in [-0.3, -0.25) is 14.6 Å². The van der Waals surface area contributed by atoms with Crippen LogP contribution in [0.2, 0.25) is 5.02 Å². The van der Waals surface area contributed by atoms with Crippen molar-refractivity contribution in [3.63, 3.8) is 0 Å². The monoisotopic (exact) mass is 339 g/mol. The third-order valence-electron chi connectivity index (χ3n) is 4.03. The van der Waals surface area contributed by atoms with Crippen molar-refractivity contribution >= 4 is 17.5 Å². The van der Waals surface area contributed by atoms with Gasteiger partial charge in [0.2, 0.25) is 5.91 Å². The number of carbonyl (C=O) groups is 1. The van der Waals surface area contributed by atoms with Crippen LogP contribution in [0, 0.1) is 0 Å².